The molecule has 0 saturated carbocycles. The molecule has 0 amide bonds. The van der Waals surface area contributed by atoms with Crippen molar-refractivity contribution in [2.24, 2.45) is 0 Å². The first-order chi connectivity index (χ1) is 7.70. The van der Waals surface area contributed by atoms with E-state index in [4.69, 9.17) is 16.7 Å². The van der Waals surface area contributed by atoms with Crippen molar-refractivity contribution >= 4 is 29.1 Å². The van der Waals surface area contributed by atoms with E-state index in [1.165, 1.54) is 5.75 Å². The molecule has 1 fully saturated rings. The molecular weight excluding hydrogens is 242 g/mol. The van der Waals surface area contributed by atoms with E-state index in [9.17, 15) is 0 Å². The number of aliphatic hydroxyl groups is 1. The average Bonchev–Trinajstić information content (AvgIpc) is 2.29. The van der Waals surface area contributed by atoms with E-state index in [2.05, 4.69) is 11.8 Å². The summed E-state index contributed by atoms with van der Waals surface area (Å²) in [6.07, 6.45) is 0. The number of halogens is 1. The van der Waals surface area contributed by atoms with Gasteiger partial charge in [-0.25, -0.2) is 0 Å². The Balaban J connectivity index is 2.17. The monoisotopic (exact) mass is 257 g/mol. The highest BCUT2D eigenvalue weighted by molar-refractivity contribution is 8.00. The maximum Gasteiger partial charge on any atom is 0.0696 e. The lowest BCUT2D eigenvalue weighted by Gasteiger charge is -2.32. The maximum absolute atomic E-state index is 9.06. The summed E-state index contributed by atoms with van der Waals surface area (Å²) in [7, 11) is 0. The molecule has 4 heteroatoms. The zero-order valence-corrected chi connectivity index (χ0v) is 10.9. The van der Waals surface area contributed by atoms with Crippen LogP contribution in [-0.4, -0.2) is 29.2 Å². The van der Waals surface area contributed by atoms with Crippen molar-refractivity contribution in [3.05, 3.63) is 28.8 Å². The van der Waals surface area contributed by atoms with Gasteiger partial charge >= 0.3 is 0 Å². The third-order valence-corrected chi connectivity index (χ3v) is 4.30. The van der Waals surface area contributed by atoms with Gasteiger partial charge in [0, 0.05) is 34.8 Å². The van der Waals surface area contributed by atoms with Gasteiger partial charge in [-0.3, -0.25) is 0 Å². The molecule has 1 N–H and O–H groups in total. The molecule has 1 aromatic carbocycles. The predicted octanol–water partition coefficient (Wildman–Crippen LogP) is 2.77. The minimum Gasteiger partial charge on any atom is -0.392 e. The molecule has 16 heavy (non-hydrogen) atoms. The number of benzene rings is 1. The van der Waals surface area contributed by atoms with Gasteiger partial charge in [-0.2, -0.15) is 11.8 Å². The van der Waals surface area contributed by atoms with Crippen LogP contribution in [0.15, 0.2) is 18.2 Å². The van der Waals surface area contributed by atoms with E-state index in [0.717, 1.165) is 24.3 Å². The van der Waals surface area contributed by atoms with Crippen molar-refractivity contribution in [3.63, 3.8) is 0 Å². The molecule has 0 aromatic heterocycles. The van der Waals surface area contributed by atoms with Gasteiger partial charge in [0.1, 0.15) is 0 Å². The zero-order chi connectivity index (χ0) is 11.5. The van der Waals surface area contributed by atoms with Crippen LogP contribution in [-0.2, 0) is 6.61 Å². The Kier molecular flexibility index (Phi) is 4.00. The standard InChI is InChI=1S/C12H16ClNOS/c1-9-7-14(4-5-16-9)11-3-2-10(8-15)12(13)6-11/h2-3,6,9,15H,4-5,7-8H2,1H3. The van der Waals surface area contributed by atoms with Crippen molar-refractivity contribution in [2.45, 2.75) is 18.8 Å². The number of hydrogen-bond acceptors (Lipinski definition) is 3. The number of anilines is 1. The van der Waals surface area contributed by atoms with Crippen LogP contribution in [0.5, 0.6) is 0 Å². The fourth-order valence-electron chi connectivity index (χ4n) is 1.91. The Morgan fingerprint density at radius 3 is 3.00 bits per heavy atom. The molecular formula is C12H16ClNOS. The second-order valence-electron chi connectivity index (χ2n) is 4.06. The molecule has 0 radical (unpaired) electrons. The number of thioether (sulfide) groups is 1. The van der Waals surface area contributed by atoms with Crippen LogP contribution in [0.4, 0.5) is 5.69 Å². The molecule has 0 aliphatic carbocycles. The van der Waals surface area contributed by atoms with E-state index < -0.39 is 0 Å². The Morgan fingerprint density at radius 1 is 1.56 bits per heavy atom. The van der Waals surface area contributed by atoms with Gasteiger partial charge in [0.25, 0.3) is 0 Å². The number of nitrogens with zero attached hydrogens (tertiary/aromatic N) is 1. The van der Waals surface area contributed by atoms with Crippen molar-refractivity contribution in [2.75, 3.05) is 23.7 Å². The first kappa shape index (κ1) is 12.1. The summed E-state index contributed by atoms with van der Waals surface area (Å²) in [5.41, 5.74) is 1.96. The maximum atomic E-state index is 9.06. The van der Waals surface area contributed by atoms with Crippen LogP contribution >= 0.6 is 23.4 Å². The van der Waals surface area contributed by atoms with Crippen LogP contribution in [0, 0.1) is 0 Å². The summed E-state index contributed by atoms with van der Waals surface area (Å²) in [4.78, 5) is 2.36. The van der Waals surface area contributed by atoms with Crippen LogP contribution < -0.4 is 4.90 Å². The van der Waals surface area contributed by atoms with Crippen molar-refractivity contribution in [3.8, 4) is 0 Å². The van der Waals surface area contributed by atoms with Gasteiger partial charge in [-0.05, 0) is 17.7 Å². The third kappa shape index (κ3) is 2.65. The third-order valence-electron chi connectivity index (χ3n) is 2.81. The lowest BCUT2D eigenvalue weighted by atomic mass is 10.2. The van der Waals surface area contributed by atoms with Gasteiger partial charge in [0.2, 0.25) is 0 Å². The van der Waals surface area contributed by atoms with E-state index in [0.29, 0.717) is 10.3 Å². The Bertz CT molecular complexity index is 372. The Morgan fingerprint density at radius 2 is 2.38 bits per heavy atom. The summed E-state index contributed by atoms with van der Waals surface area (Å²) in [6.45, 7) is 4.40. The normalized spacial score (nSPS) is 21.2. The molecule has 1 saturated heterocycles. The summed E-state index contributed by atoms with van der Waals surface area (Å²) in [5, 5.41) is 10.4. The molecule has 1 aliphatic rings. The second kappa shape index (κ2) is 5.30. The minimum absolute atomic E-state index is 0.00533. The highest BCUT2D eigenvalue weighted by Gasteiger charge is 2.17. The van der Waals surface area contributed by atoms with Crippen LogP contribution in [0.2, 0.25) is 5.02 Å². The van der Waals surface area contributed by atoms with Gasteiger partial charge < -0.3 is 10.0 Å². The number of hydrogen-bond donors (Lipinski definition) is 1. The smallest absolute Gasteiger partial charge is 0.0696 e. The zero-order valence-electron chi connectivity index (χ0n) is 9.32. The summed E-state index contributed by atoms with van der Waals surface area (Å²) < 4.78 is 0. The topological polar surface area (TPSA) is 23.5 Å². The molecule has 1 unspecified atom stereocenters. The number of aliphatic hydroxyl groups excluding tert-OH is 1. The van der Waals surface area contributed by atoms with Gasteiger partial charge in [0.05, 0.1) is 6.61 Å². The molecule has 0 bridgehead atoms. The largest absolute Gasteiger partial charge is 0.392 e. The first-order valence-electron chi connectivity index (χ1n) is 5.46. The SMILES string of the molecule is CC1CN(c2ccc(CO)c(Cl)c2)CCS1. The molecule has 1 aliphatic heterocycles. The van der Waals surface area contributed by atoms with Gasteiger partial charge in [0.15, 0.2) is 0 Å². The summed E-state index contributed by atoms with van der Waals surface area (Å²) in [5.74, 6) is 1.17. The number of rotatable bonds is 2. The van der Waals surface area contributed by atoms with Crippen LogP contribution in [0.3, 0.4) is 0 Å². The van der Waals surface area contributed by atoms with Gasteiger partial charge in [-0.1, -0.05) is 24.6 Å². The van der Waals surface area contributed by atoms with Crippen LogP contribution in [0.25, 0.3) is 0 Å². The fraction of sp³-hybridized carbons (Fsp3) is 0.500. The molecule has 1 heterocycles. The van der Waals surface area contributed by atoms with E-state index in [-0.39, 0.29) is 6.61 Å². The lowest BCUT2D eigenvalue weighted by molar-refractivity contribution is 0.282. The van der Waals surface area contributed by atoms with E-state index in [1.807, 2.05) is 30.0 Å². The predicted molar refractivity (Wildman–Crippen MR) is 71.5 cm³/mol. The van der Waals surface area contributed by atoms with Gasteiger partial charge in [-0.15, -0.1) is 0 Å². The summed E-state index contributed by atoms with van der Waals surface area (Å²) >= 11 is 8.11. The molecule has 1 aromatic rings. The summed E-state index contributed by atoms with van der Waals surface area (Å²) in [6, 6.07) is 5.90. The Labute approximate surface area is 106 Å². The van der Waals surface area contributed by atoms with E-state index >= 15 is 0 Å². The highest BCUT2D eigenvalue weighted by atomic mass is 35.5. The minimum atomic E-state index is 0.00533. The molecule has 88 valence electrons. The van der Waals surface area contributed by atoms with E-state index in [1.54, 1.807) is 0 Å². The first-order valence-corrected chi connectivity index (χ1v) is 6.89. The Hall–Kier alpha value is -0.380. The quantitative estimate of drug-likeness (QED) is 0.881. The second-order valence-corrected chi connectivity index (χ2v) is 6.01. The molecule has 1 atom stereocenters. The van der Waals surface area contributed by atoms with Crippen molar-refractivity contribution in [1.82, 2.24) is 0 Å². The highest BCUT2D eigenvalue weighted by Crippen LogP contribution is 2.27. The average molecular weight is 258 g/mol. The molecule has 0 spiro atoms. The van der Waals surface area contributed by atoms with Crippen molar-refractivity contribution < 1.29 is 5.11 Å². The van der Waals surface area contributed by atoms with Crippen molar-refractivity contribution in [1.29, 1.82) is 0 Å². The molecule has 2 nitrogen and oxygen atoms in total. The van der Waals surface area contributed by atoms with Crippen LogP contribution in [0.1, 0.15) is 12.5 Å². The lowest BCUT2D eigenvalue weighted by Crippen LogP contribution is -2.36. The molecule has 2 rings (SSSR count). The fourth-order valence-corrected chi connectivity index (χ4v) is 3.16.